The Morgan fingerprint density at radius 1 is 1.05 bits per heavy atom. The van der Waals surface area contributed by atoms with E-state index in [1.165, 1.54) is 0 Å². The van der Waals surface area contributed by atoms with E-state index in [0.717, 1.165) is 14.8 Å². The predicted molar refractivity (Wildman–Crippen MR) is 86.2 cm³/mol. The van der Waals surface area contributed by atoms with Crippen LogP contribution in [0, 0.1) is 0 Å². The van der Waals surface area contributed by atoms with E-state index < -0.39 is 0 Å². The number of benzene rings is 2. The molecule has 3 aromatic rings. The lowest BCUT2D eigenvalue weighted by Crippen LogP contribution is -2.05. The summed E-state index contributed by atoms with van der Waals surface area (Å²) in [5.74, 6) is 0.593. The smallest absolute Gasteiger partial charge is 0.340 e. The Kier molecular flexibility index (Phi) is 3.94. The van der Waals surface area contributed by atoms with E-state index in [2.05, 4.69) is 15.9 Å². The first kappa shape index (κ1) is 13.5. The molecule has 0 saturated heterocycles. The first-order chi connectivity index (χ1) is 9.74. The summed E-state index contributed by atoms with van der Waals surface area (Å²) in [6.45, 7) is 0. The Morgan fingerprint density at radius 2 is 1.80 bits per heavy atom. The van der Waals surface area contributed by atoms with Gasteiger partial charge >= 0.3 is 5.63 Å². The lowest BCUT2D eigenvalue weighted by atomic mass is 10.2. The maximum absolute atomic E-state index is 11.9. The van der Waals surface area contributed by atoms with Gasteiger partial charge in [0.2, 0.25) is 0 Å². The maximum atomic E-state index is 11.9. The molecule has 20 heavy (non-hydrogen) atoms. The third kappa shape index (κ3) is 2.81. The van der Waals surface area contributed by atoms with Crippen molar-refractivity contribution in [1.82, 2.24) is 0 Å². The zero-order valence-corrected chi connectivity index (χ0v) is 12.9. The Labute approximate surface area is 128 Å². The fourth-order valence-electron chi connectivity index (χ4n) is 1.92. The van der Waals surface area contributed by atoms with Gasteiger partial charge in [-0.15, -0.1) is 11.8 Å². The Hall–Kier alpha value is -1.52. The topological polar surface area (TPSA) is 30.2 Å². The van der Waals surface area contributed by atoms with Gasteiger partial charge in [0.05, 0.1) is 0 Å². The van der Waals surface area contributed by atoms with Crippen molar-refractivity contribution in [2.45, 2.75) is 10.6 Å². The maximum Gasteiger partial charge on any atom is 0.340 e. The molecule has 0 spiro atoms. The third-order valence-corrected chi connectivity index (χ3v) is 5.01. The molecule has 0 N–H and O–H groups in total. The molecule has 0 fully saturated rings. The summed E-state index contributed by atoms with van der Waals surface area (Å²) in [5, 5.41) is 0.954. The van der Waals surface area contributed by atoms with Crippen LogP contribution >= 0.6 is 27.7 Å². The van der Waals surface area contributed by atoms with Crippen molar-refractivity contribution in [1.29, 1.82) is 0 Å². The molecule has 0 saturated carbocycles. The van der Waals surface area contributed by atoms with Crippen LogP contribution in [0.5, 0.6) is 0 Å². The average molecular weight is 347 g/mol. The molecule has 2 aromatic carbocycles. The fraction of sp³-hybridized carbons (Fsp3) is 0.0625. The van der Waals surface area contributed by atoms with Crippen LogP contribution in [0.4, 0.5) is 0 Å². The molecule has 0 aliphatic rings. The van der Waals surface area contributed by atoms with E-state index in [4.69, 9.17) is 4.42 Å². The van der Waals surface area contributed by atoms with Crippen LogP contribution in [0.3, 0.4) is 0 Å². The van der Waals surface area contributed by atoms with E-state index >= 15 is 0 Å². The third-order valence-electron chi connectivity index (χ3n) is 2.93. The number of hydrogen-bond donors (Lipinski definition) is 0. The molecule has 4 heteroatoms. The quantitative estimate of drug-likeness (QED) is 0.501. The molecule has 0 atom stereocenters. The SMILES string of the molecule is O=c1oc2ccccc2cc1CSc1ccccc1Br. The van der Waals surface area contributed by atoms with Crippen molar-refractivity contribution in [3.63, 3.8) is 0 Å². The number of hydrogen-bond acceptors (Lipinski definition) is 3. The summed E-state index contributed by atoms with van der Waals surface area (Å²) in [4.78, 5) is 13.1. The standard InChI is InChI=1S/C16H11BrO2S/c17-13-6-2-4-8-15(13)20-10-12-9-11-5-1-3-7-14(11)19-16(12)18/h1-9H,10H2. The minimum absolute atomic E-state index is 0.261. The minimum Gasteiger partial charge on any atom is -0.423 e. The van der Waals surface area contributed by atoms with E-state index in [9.17, 15) is 4.79 Å². The van der Waals surface area contributed by atoms with Crippen LogP contribution in [-0.4, -0.2) is 0 Å². The van der Waals surface area contributed by atoms with Gasteiger partial charge in [0.15, 0.2) is 0 Å². The molecule has 3 rings (SSSR count). The molecule has 1 heterocycles. The van der Waals surface area contributed by atoms with E-state index in [-0.39, 0.29) is 5.63 Å². The lowest BCUT2D eigenvalue weighted by Gasteiger charge is -2.04. The fourth-order valence-corrected chi connectivity index (χ4v) is 3.44. The highest BCUT2D eigenvalue weighted by atomic mass is 79.9. The second kappa shape index (κ2) is 5.85. The second-order valence-electron chi connectivity index (χ2n) is 4.32. The van der Waals surface area contributed by atoms with Crippen molar-refractivity contribution in [3.05, 3.63) is 75.1 Å². The normalized spacial score (nSPS) is 10.8. The van der Waals surface area contributed by atoms with Crippen molar-refractivity contribution < 1.29 is 4.42 Å². The lowest BCUT2D eigenvalue weighted by molar-refractivity contribution is 0.554. The van der Waals surface area contributed by atoms with Crippen LogP contribution in [0.25, 0.3) is 11.0 Å². The summed E-state index contributed by atoms with van der Waals surface area (Å²) in [7, 11) is 0. The van der Waals surface area contributed by atoms with Crippen LogP contribution < -0.4 is 5.63 Å². The van der Waals surface area contributed by atoms with Gasteiger partial charge in [-0.3, -0.25) is 0 Å². The number of thioether (sulfide) groups is 1. The summed E-state index contributed by atoms with van der Waals surface area (Å²) in [6, 6.07) is 17.4. The molecule has 100 valence electrons. The predicted octanol–water partition coefficient (Wildman–Crippen LogP) is 4.85. The van der Waals surface area contributed by atoms with Crippen LogP contribution in [0.1, 0.15) is 5.56 Å². The number of para-hydroxylation sites is 1. The molecule has 0 aliphatic carbocycles. The van der Waals surface area contributed by atoms with Gasteiger partial charge in [0, 0.05) is 26.1 Å². The number of rotatable bonds is 3. The zero-order valence-electron chi connectivity index (χ0n) is 10.5. The van der Waals surface area contributed by atoms with E-state index in [1.807, 2.05) is 48.5 Å². The summed E-state index contributed by atoms with van der Waals surface area (Å²) >= 11 is 5.12. The number of fused-ring (bicyclic) bond motifs is 1. The van der Waals surface area contributed by atoms with Crippen molar-refractivity contribution in [3.8, 4) is 0 Å². The second-order valence-corrected chi connectivity index (χ2v) is 6.19. The minimum atomic E-state index is -0.261. The first-order valence-electron chi connectivity index (χ1n) is 6.13. The molecule has 0 bridgehead atoms. The Bertz CT molecular complexity index is 811. The van der Waals surface area contributed by atoms with Gasteiger partial charge in [0.25, 0.3) is 0 Å². The highest BCUT2D eigenvalue weighted by Crippen LogP contribution is 2.29. The van der Waals surface area contributed by atoms with Crippen LogP contribution in [0.15, 0.2) is 73.2 Å². The molecule has 1 aromatic heterocycles. The summed E-state index contributed by atoms with van der Waals surface area (Å²) in [5.41, 5.74) is 1.06. The number of halogens is 1. The van der Waals surface area contributed by atoms with Gasteiger partial charge in [-0.25, -0.2) is 4.79 Å². The molecule has 0 amide bonds. The molecule has 2 nitrogen and oxygen atoms in total. The highest BCUT2D eigenvalue weighted by Gasteiger charge is 2.07. The van der Waals surface area contributed by atoms with Gasteiger partial charge in [-0.1, -0.05) is 30.3 Å². The van der Waals surface area contributed by atoms with Gasteiger partial charge in [0.1, 0.15) is 5.58 Å². The zero-order chi connectivity index (χ0) is 13.9. The summed E-state index contributed by atoms with van der Waals surface area (Å²) < 4.78 is 6.37. The summed E-state index contributed by atoms with van der Waals surface area (Å²) in [6.07, 6.45) is 0. The highest BCUT2D eigenvalue weighted by molar-refractivity contribution is 9.10. The van der Waals surface area contributed by atoms with Crippen molar-refractivity contribution in [2.24, 2.45) is 0 Å². The molecule has 0 radical (unpaired) electrons. The van der Waals surface area contributed by atoms with Crippen molar-refractivity contribution >= 4 is 38.7 Å². The van der Waals surface area contributed by atoms with Gasteiger partial charge in [-0.05, 0) is 40.2 Å². The molecule has 0 aliphatic heterocycles. The van der Waals surface area contributed by atoms with E-state index in [1.54, 1.807) is 17.8 Å². The van der Waals surface area contributed by atoms with Gasteiger partial charge in [-0.2, -0.15) is 0 Å². The van der Waals surface area contributed by atoms with Crippen LogP contribution in [0.2, 0.25) is 0 Å². The molecular weight excluding hydrogens is 336 g/mol. The monoisotopic (exact) mass is 346 g/mol. The van der Waals surface area contributed by atoms with Gasteiger partial charge < -0.3 is 4.42 Å². The Balaban J connectivity index is 1.89. The largest absolute Gasteiger partial charge is 0.423 e. The average Bonchev–Trinajstić information content (AvgIpc) is 2.46. The Morgan fingerprint density at radius 3 is 2.65 bits per heavy atom. The first-order valence-corrected chi connectivity index (χ1v) is 7.91. The molecule has 0 unspecified atom stereocenters. The van der Waals surface area contributed by atoms with E-state index in [0.29, 0.717) is 16.9 Å². The molecular formula is C16H11BrO2S. The van der Waals surface area contributed by atoms with Crippen LogP contribution in [-0.2, 0) is 5.75 Å². The van der Waals surface area contributed by atoms with Crippen molar-refractivity contribution in [2.75, 3.05) is 0 Å².